The summed E-state index contributed by atoms with van der Waals surface area (Å²) in [6.07, 6.45) is 3.87. The molecule has 3 fully saturated rings. The molecule has 1 N–H and O–H groups in total. The molecule has 2 amide bonds. The molecule has 0 aromatic heterocycles. The standard InChI is InChI=1S/C27H33FN4O2/c28-22-9-7-21(8-10-22)26(33)32-19-24(17-25(32)27(34)30-15-4-13-29-14-16-30)31(23-11-12-23)18-20-5-2-1-3-6-20/h1-3,5-10,23-25,29H,4,11-19H2. The van der Waals surface area contributed by atoms with Crippen molar-refractivity contribution in [1.82, 2.24) is 20.0 Å². The van der Waals surface area contributed by atoms with Crippen LogP contribution < -0.4 is 5.32 Å². The Bertz CT molecular complexity index is 987. The topological polar surface area (TPSA) is 55.9 Å². The highest BCUT2D eigenvalue weighted by atomic mass is 19.1. The van der Waals surface area contributed by atoms with E-state index in [1.165, 1.54) is 29.8 Å². The summed E-state index contributed by atoms with van der Waals surface area (Å²) in [5.74, 6) is -0.523. The molecule has 0 spiro atoms. The molecule has 2 unspecified atom stereocenters. The average molecular weight is 465 g/mol. The molecular weight excluding hydrogens is 431 g/mol. The monoisotopic (exact) mass is 464 g/mol. The SMILES string of the molecule is O=C(C1CC(N(Cc2ccccc2)C2CC2)CN1C(=O)c1ccc(F)cc1)N1CCCNCC1. The highest BCUT2D eigenvalue weighted by Crippen LogP contribution is 2.35. The first-order valence-electron chi connectivity index (χ1n) is 12.5. The summed E-state index contributed by atoms with van der Waals surface area (Å²) in [4.78, 5) is 33.4. The lowest BCUT2D eigenvalue weighted by atomic mass is 10.1. The number of benzene rings is 2. The maximum atomic E-state index is 13.7. The summed E-state index contributed by atoms with van der Waals surface area (Å²) >= 11 is 0. The Hall–Kier alpha value is -2.77. The number of nitrogens with zero attached hydrogens (tertiary/aromatic N) is 3. The number of amides is 2. The van der Waals surface area contributed by atoms with E-state index in [2.05, 4.69) is 34.5 Å². The van der Waals surface area contributed by atoms with Gasteiger partial charge >= 0.3 is 0 Å². The van der Waals surface area contributed by atoms with Crippen LogP contribution in [0.15, 0.2) is 54.6 Å². The highest BCUT2D eigenvalue weighted by molar-refractivity contribution is 5.98. The molecule has 2 heterocycles. The number of halogens is 1. The summed E-state index contributed by atoms with van der Waals surface area (Å²) < 4.78 is 13.5. The molecule has 2 saturated heterocycles. The lowest BCUT2D eigenvalue weighted by Crippen LogP contribution is -2.48. The van der Waals surface area contributed by atoms with E-state index in [9.17, 15) is 14.0 Å². The van der Waals surface area contributed by atoms with Crippen LogP contribution in [0.3, 0.4) is 0 Å². The van der Waals surface area contributed by atoms with Crippen molar-refractivity contribution in [3.63, 3.8) is 0 Å². The Morgan fingerprint density at radius 3 is 2.47 bits per heavy atom. The van der Waals surface area contributed by atoms with Gasteiger partial charge in [-0.3, -0.25) is 14.5 Å². The van der Waals surface area contributed by atoms with Crippen LogP contribution in [0.25, 0.3) is 0 Å². The average Bonchev–Trinajstić information content (AvgIpc) is 3.66. The molecule has 2 atom stereocenters. The molecule has 34 heavy (non-hydrogen) atoms. The van der Waals surface area contributed by atoms with Gasteiger partial charge < -0.3 is 15.1 Å². The fraction of sp³-hybridized carbons (Fsp3) is 0.481. The maximum absolute atomic E-state index is 13.7. The zero-order valence-electron chi connectivity index (χ0n) is 19.5. The zero-order valence-corrected chi connectivity index (χ0v) is 19.5. The smallest absolute Gasteiger partial charge is 0.254 e. The Labute approximate surface area is 200 Å². The third-order valence-corrected chi connectivity index (χ3v) is 7.26. The van der Waals surface area contributed by atoms with Gasteiger partial charge in [-0.15, -0.1) is 0 Å². The van der Waals surface area contributed by atoms with Crippen molar-refractivity contribution in [2.45, 2.75) is 50.4 Å². The van der Waals surface area contributed by atoms with Crippen molar-refractivity contribution in [3.8, 4) is 0 Å². The molecule has 6 nitrogen and oxygen atoms in total. The van der Waals surface area contributed by atoms with E-state index in [0.717, 1.165) is 38.9 Å². The number of carbonyl (C=O) groups is 2. The van der Waals surface area contributed by atoms with Crippen LogP contribution in [-0.4, -0.2) is 77.4 Å². The fourth-order valence-electron chi connectivity index (χ4n) is 5.30. The quantitative estimate of drug-likeness (QED) is 0.714. The van der Waals surface area contributed by atoms with Crippen LogP contribution in [0.4, 0.5) is 4.39 Å². The molecule has 2 aliphatic heterocycles. The summed E-state index contributed by atoms with van der Waals surface area (Å²) in [6, 6.07) is 16.2. The highest BCUT2D eigenvalue weighted by Gasteiger charge is 2.46. The van der Waals surface area contributed by atoms with E-state index >= 15 is 0 Å². The Morgan fingerprint density at radius 2 is 1.74 bits per heavy atom. The predicted molar refractivity (Wildman–Crippen MR) is 129 cm³/mol. The molecule has 3 aliphatic rings. The third kappa shape index (κ3) is 5.15. The summed E-state index contributed by atoms with van der Waals surface area (Å²) in [6.45, 7) is 4.39. The van der Waals surface area contributed by atoms with Gasteiger partial charge in [-0.25, -0.2) is 4.39 Å². The third-order valence-electron chi connectivity index (χ3n) is 7.26. The Morgan fingerprint density at radius 1 is 0.971 bits per heavy atom. The van der Waals surface area contributed by atoms with E-state index < -0.39 is 6.04 Å². The second-order valence-electron chi connectivity index (χ2n) is 9.69. The molecule has 0 radical (unpaired) electrons. The first-order valence-corrected chi connectivity index (χ1v) is 12.5. The number of hydrogen-bond donors (Lipinski definition) is 1. The lowest BCUT2D eigenvalue weighted by Gasteiger charge is -2.29. The van der Waals surface area contributed by atoms with Gasteiger partial charge in [-0.2, -0.15) is 0 Å². The molecule has 0 bridgehead atoms. The van der Waals surface area contributed by atoms with Crippen molar-refractivity contribution in [2.24, 2.45) is 0 Å². The summed E-state index contributed by atoms with van der Waals surface area (Å²) in [5.41, 5.74) is 1.68. The molecule has 2 aromatic rings. The molecule has 1 aliphatic carbocycles. The van der Waals surface area contributed by atoms with E-state index in [1.54, 1.807) is 4.90 Å². The Kier molecular flexibility index (Phi) is 6.92. The van der Waals surface area contributed by atoms with Crippen LogP contribution in [0.1, 0.15) is 41.6 Å². The summed E-state index contributed by atoms with van der Waals surface area (Å²) in [7, 11) is 0. The van der Waals surface area contributed by atoms with Crippen molar-refractivity contribution in [3.05, 3.63) is 71.5 Å². The minimum atomic E-state index is -0.488. The normalized spacial score (nSPS) is 23.2. The number of nitrogens with one attached hydrogen (secondary N) is 1. The Balaban J connectivity index is 1.40. The molecule has 1 saturated carbocycles. The van der Waals surface area contributed by atoms with E-state index in [0.29, 0.717) is 37.7 Å². The second-order valence-corrected chi connectivity index (χ2v) is 9.69. The first-order chi connectivity index (χ1) is 16.6. The molecule has 7 heteroatoms. The van der Waals surface area contributed by atoms with Gasteiger partial charge in [-0.1, -0.05) is 30.3 Å². The van der Waals surface area contributed by atoms with Crippen LogP contribution in [0.2, 0.25) is 0 Å². The van der Waals surface area contributed by atoms with Gasteiger partial charge in [0.15, 0.2) is 0 Å². The molecular formula is C27H33FN4O2. The fourth-order valence-corrected chi connectivity index (χ4v) is 5.30. The minimum Gasteiger partial charge on any atom is -0.340 e. The second kappa shape index (κ2) is 10.2. The zero-order chi connectivity index (χ0) is 23.5. The molecule has 2 aromatic carbocycles. The molecule has 180 valence electrons. The lowest BCUT2D eigenvalue weighted by molar-refractivity contribution is -0.135. The summed E-state index contributed by atoms with van der Waals surface area (Å²) in [5, 5.41) is 3.35. The van der Waals surface area contributed by atoms with E-state index in [1.807, 2.05) is 11.0 Å². The van der Waals surface area contributed by atoms with Crippen molar-refractivity contribution >= 4 is 11.8 Å². The molecule has 5 rings (SSSR count). The van der Waals surface area contributed by atoms with Gasteiger partial charge in [0.25, 0.3) is 5.91 Å². The largest absolute Gasteiger partial charge is 0.340 e. The van der Waals surface area contributed by atoms with Crippen molar-refractivity contribution < 1.29 is 14.0 Å². The van der Waals surface area contributed by atoms with E-state index in [4.69, 9.17) is 0 Å². The first kappa shape index (κ1) is 23.0. The van der Waals surface area contributed by atoms with Gasteiger partial charge in [-0.05, 0) is 62.1 Å². The van der Waals surface area contributed by atoms with Crippen LogP contribution in [-0.2, 0) is 11.3 Å². The number of likely N-dealkylation sites (tertiary alicyclic amines) is 1. The van der Waals surface area contributed by atoms with E-state index in [-0.39, 0.29) is 23.7 Å². The number of carbonyl (C=O) groups excluding carboxylic acids is 2. The van der Waals surface area contributed by atoms with Crippen molar-refractivity contribution in [1.29, 1.82) is 0 Å². The van der Waals surface area contributed by atoms with Gasteiger partial charge in [0.2, 0.25) is 5.91 Å². The predicted octanol–water partition coefficient (Wildman–Crippen LogP) is 2.90. The van der Waals surface area contributed by atoms with Gasteiger partial charge in [0.1, 0.15) is 11.9 Å². The van der Waals surface area contributed by atoms with Gasteiger partial charge in [0, 0.05) is 50.4 Å². The van der Waals surface area contributed by atoms with Crippen LogP contribution in [0.5, 0.6) is 0 Å². The number of hydrogen-bond acceptors (Lipinski definition) is 4. The van der Waals surface area contributed by atoms with Crippen LogP contribution in [0, 0.1) is 5.82 Å². The van der Waals surface area contributed by atoms with Crippen LogP contribution >= 0.6 is 0 Å². The maximum Gasteiger partial charge on any atom is 0.254 e. The van der Waals surface area contributed by atoms with Gasteiger partial charge in [0.05, 0.1) is 0 Å². The van der Waals surface area contributed by atoms with Crippen molar-refractivity contribution in [2.75, 3.05) is 32.7 Å². The number of rotatable bonds is 6. The minimum absolute atomic E-state index is 0.0390.